The SMILES string of the molecule is CC/C=C\C/C=C\C/C=C\C/C=C\C/C=C\C/C=C\CCCCCCCCC(=O)OCC(COC(=O)CC/C=C\C/C=C\C/C=C\C/C=C\CC)OC(=O)CCCCCC/C=C\C/C=C\C/C=C\C/C=C\C/C=C\C/C=C\CC. The summed E-state index contributed by atoms with van der Waals surface area (Å²) >= 11 is 0. The number of hydrogen-bond donors (Lipinski definition) is 0. The normalized spacial score (nSPS) is 13.5. The van der Waals surface area contributed by atoms with Gasteiger partial charge in [0.2, 0.25) is 0 Å². The summed E-state index contributed by atoms with van der Waals surface area (Å²) in [5, 5.41) is 0. The van der Waals surface area contributed by atoms with Gasteiger partial charge in [-0.3, -0.25) is 14.4 Å². The van der Waals surface area contributed by atoms with Crippen molar-refractivity contribution in [2.45, 2.75) is 232 Å². The highest BCUT2D eigenvalue weighted by Gasteiger charge is 2.19. The highest BCUT2D eigenvalue weighted by molar-refractivity contribution is 5.71. The molecule has 0 heterocycles. The maximum absolute atomic E-state index is 12.9. The average molecular weight is 1080 g/mol. The zero-order valence-electron chi connectivity index (χ0n) is 50.0. The predicted octanol–water partition coefficient (Wildman–Crippen LogP) is 21.4. The third kappa shape index (κ3) is 63.0. The van der Waals surface area contributed by atoms with Gasteiger partial charge in [0.1, 0.15) is 13.2 Å². The highest BCUT2D eigenvalue weighted by Crippen LogP contribution is 2.12. The first-order chi connectivity index (χ1) is 39.0. The Morgan fingerprint density at radius 2 is 0.481 bits per heavy atom. The van der Waals surface area contributed by atoms with E-state index in [9.17, 15) is 14.4 Å². The summed E-state index contributed by atoms with van der Waals surface area (Å²) in [5.41, 5.74) is 0. The molecule has 6 nitrogen and oxygen atoms in total. The van der Waals surface area contributed by atoms with Gasteiger partial charge in [-0.15, -0.1) is 0 Å². The van der Waals surface area contributed by atoms with Crippen molar-refractivity contribution in [3.8, 4) is 0 Å². The van der Waals surface area contributed by atoms with E-state index >= 15 is 0 Å². The van der Waals surface area contributed by atoms with Gasteiger partial charge < -0.3 is 14.2 Å². The lowest BCUT2D eigenvalue weighted by Gasteiger charge is -2.18. The number of allylic oxidation sites excluding steroid dienone is 32. The van der Waals surface area contributed by atoms with Crippen LogP contribution in [0, 0.1) is 0 Å². The highest BCUT2D eigenvalue weighted by atomic mass is 16.6. The summed E-state index contributed by atoms with van der Waals surface area (Å²) in [6, 6.07) is 0. The van der Waals surface area contributed by atoms with E-state index in [1.165, 1.54) is 12.8 Å². The van der Waals surface area contributed by atoms with E-state index in [0.717, 1.165) is 161 Å². The fourth-order valence-electron chi connectivity index (χ4n) is 7.58. The van der Waals surface area contributed by atoms with Gasteiger partial charge >= 0.3 is 17.9 Å². The smallest absolute Gasteiger partial charge is 0.306 e. The molecular weight excluding hydrogens is 973 g/mol. The zero-order valence-corrected chi connectivity index (χ0v) is 50.0. The number of carbonyl (C=O) groups excluding carboxylic acids is 3. The molecule has 0 N–H and O–H groups in total. The first kappa shape index (κ1) is 73.2. The lowest BCUT2D eigenvalue weighted by Crippen LogP contribution is -2.30. The van der Waals surface area contributed by atoms with Gasteiger partial charge in [-0.2, -0.15) is 0 Å². The first-order valence-electron chi connectivity index (χ1n) is 30.9. The number of rotatable bonds is 53. The molecule has 0 saturated heterocycles. The maximum atomic E-state index is 12.9. The molecule has 0 amide bonds. The van der Waals surface area contributed by atoms with Crippen molar-refractivity contribution in [2.24, 2.45) is 0 Å². The molecule has 0 aromatic carbocycles. The van der Waals surface area contributed by atoms with E-state index in [4.69, 9.17) is 14.2 Å². The van der Waals surface area contributed by atoms with E-state index < -0.39 is 6.10 Å². The molecular formula is C73H110O6. The molecule has 0 radical (unpaired) electrons. The van der Waals surface area contributed by atoms with Crippen LogP contribution in [0.1, 0.15) is 226 Å². The van der Waals surface area contributed by atoms with Gasteiger partial charge in [0, 0.05) is 19.3 Å². The molecule has 0 saturated carbocycles. The molecule has 0 aliphatic heterocycles. The standard InChI is InChI=1S/C73H110O6/c1-4-7-10-13-16-19-22-25-27-29-31-33-35-36-38-39-41-43-45-48-51-54-57-60-63-66-72(75)78-69-70(68-77-71(74)65-62-59-56-53-50-47-24-21-18-15-12-9-6-3)79-73(76)67-64-61-58-55-52-49-46-44-42-40-37-34-32-30-28-26-23-20-17-14-11-8-5-2/h7-12,16-21,25-28,31-34,36,38,40-43,46-47,49-50,56,59,70H,4-6,13-15,22-24,29-30,35,37,39,44-45,48,51-55,57-58,60-69H2,1-3H3/b10-7-,11-8-,12-9-,19-16-,20-17-,21-18-,27-25-,28-26-,33-31-,34-32-,38-36-,42-40-,43-41-,49-46-,50-47-,59-56-. The lowest BCUT2D eigenvalue weighted by molar-refractivity contribution is -0.166. The Bertz CT molecular complexity index is 1920. The van der Waals surface area contributed by atoms with Crippen molar-refractivity contribution in [1.29, 1.82) is 0 Å². The molecule has 6 heteroatoms. The summed E-state index contributed by atoms with van der Waals surface area (Å²) in [6.07, 6.45) is 98.7. The van der Waals surface area contributed by atoms with E-state index in [1.807, 2.05) is 12.2 Å². The van der Waals surface area contributed by atoms with Crippen LogP contribution < -0.4 is 0 Å². The molecule has 0 fully saturated rings. The first-order valence-corrected chi connectivity index (χ1v) is 30.9. The Kier molecular flexibility index (Phi) is 60.1. The zero-order chi connectivity index (χ0) is 57.1. The monoisotopic (exact) mass is 1080 g/mol. The van der Waals surface area contributed by atoms with Gasteiger partial charge in [-0.25, -0.2) is 0 Å². The molecule has 0 bridgehead atoms. The molecule has 0 aliphatic rings. The van der Waals surface area contributed by atoms with E-state index in [0.29, 0.717) is 19.3 Å². The number of esters is 3. The van der Waals surface area contributed by atoms with Crippen LogP contribution in [0.25, 0.3) is 0 Å². The minimum atomic E-state index is -0.841. The van der Waals surface area contributed by atoms with Crippen molar-refractivity contribution in [3.05, 3.63) is 194 Å². The van der Waals surface area contributed by atoms with Crippen LogP contribution in [0.3, 0.4) is 0 Å². The fourth-order valence-corrected chi connectivity index (χ4v) is 7.58. The van der Waals surface area contributed by atoms with Gasteiger partial charge in [0.15, 0.2) is 6.10 Å². The molecule has 0 rings (SSSR count). The van der Waals surface area contributed by atoms with Crippen LogP contribution >= 0.6 is 0 Å². The lowest BCUT2D eigenvalue weighted by atomic mass is 10.1. The Morgan fingerprint density at radius 1 is 0.253 bits per heavy atom. The second kappa shape index (κ2) is 64.8. The average Bonchev–Trinajstić information content (AvgIpc) is 3.45. The van der Waals surface area contributed by atoms with Gasteiger partial charge in [-0.05, 0) is 148 Å². The van der Waals surface area contributed by atoms with E-state index in [2.05, 4.69) is 203 Å². The minimum Gasteiger partial charge on any atom is -0.462 e. The van der Waals surface area contributed by atoms with Crippen LogP contribution in [0.5, 0.6) is 0 Å². The van der Waals surface area contributed by atoms with Gasteiger partial charge in [0.25, 0.3) is 0 Å². The van der Waals surface area contributed by atoms with Crippen molar-refractivity contribution >= 4 is 17.9 Å². The third-order valence-corrected chi connectivity index (χ3v) is 12.1. The largest absolute Gasteiger partial charge is 0.462 e. The summed E-state index contributed by atoms with van der Waals surface area (Å²) in [5.74, 6) is -1.06. The molecule has 1 atom stereocenters. The molecule has 0 aliphatic carbocycles. The Labute approximate surface area is 484 Å². The Hall–Kier alpha value is -5.75. The Balaban J connectivity index is 4.53. The molecule has 0 spiro atoms. The number of unbranched alkanes of at least 4 members (excludes halogenated alkanes) is 10. The second-order valence-electron chi connectivity index (χ2n) is 19.5. The summed E-state index contributed by atoms with van der Waals surface area (Å²) in [4.78, 5) is 38.2. The topological polar surface area (TPSA) is 78.9 Å². The molecule has 438 valence electrons. The number of carbonyl (C=O) groups is 3. The molecule has 0 aromatic heterocycles. The van der Waals surface area contributed by atoms with Crippen molar-refractivity contribution < 1.29 is 28.6 Å². The van der Waals surface area contributed by atoms with Crippen LogP contribution in [-0.2, 0) is 28.6 Å². The van der Waals surface area contributed by atoms with Crippen LogP contribution in [0.15, 0.2) is 194 Å². The van der Waals surface area contributed by atoms with Crippen LogP contribution in [-0.4, -0.2) is 37.2 Å². The minimum absolute atomic E-state index is 0.130. The predicted molar refractivity (Wildman–Crippen MR) is 343 cm³/mol. The molecule has 0 aromatic rings. The fraction of sp³-hybridized carbons (Fsp3) is 0.521. The quantitative estimate of drug-likeness (QED) is 0.0261. The number of hydrogen-bond acceptors (Lipinski definition) is 6. The Morgan fingerprint density at radius 3 is 0.785 bits per heavy atom. The maximum Gasteiger partial charge on any atom is 0.306 e. The van der Waals surface area contributed by atoms with Gasteiger partial charge in [-0.1, -0.05) is 254 Å². The van der Waals surface area contributed by atoms with Gasteiger partial charge in [0.05, 0.1) is 0 Å². The van der Waals surface area contributed by atoms with Crippen molar-refractivity contribution in [1.82, 2.24) is 0 Å². The van der Waals surface area contributed by atoms with Crippen molar-refractivity contribution in [3.63, 3.8) is 0 Å². The third-order valence-electron chi connectivity index (χ3n) is 12.1. The van der Waals surface area contributed by atoms with Crippen LogP contribution in [0.4, 0.5) is 0 Å². The van der Waals surface area contributed by atoms with E-state index in [-0.39, 0.29) is 44.0 Å². The number of ether oxygens (including phenoxy) is 3. The summed E-state index contributed by atoms with van der Waals surface area (Å²) in [6.45, 7) is 6.18. The van der Waals surface area contributed by atoms with Crippen molar-refractivity contribution in [2.75, 3.05) is 13.2 Å². The van der Waals surface area contributed by atoms with E-state index in [1.54, 1.807) is 0 Å². The summed E-state index contributed by atoms with van der Waals surface area (Å²) < 4.78 is 16.8. The second-order valence-corrected chi connectivity index (χ2v) is 19.5. The van der Waals surface area contributed by atoms with Crippen LogP contribution in [0.2, 0.25) is 0 Å². The summed E-state index contributed by atoms with van der Waals surface area (Å²) in [7, 11) is 0. The molecule has 79 heavy (non-hydrogen) atoms. The molecule has 1 unspecified atom stereocenters.